The summed E-state index contributed by atoms with van der Waals surface area (Å²) in [5.74, 6) is -1.41. The van der Waals surface area contributed by atoms with E-state index in [2.05, 4.69) is 4.98 Å². The number of aromatic nitrogens is 1. The number of carbonyl (C=O) groups is 2. The third-order valence-corrected chi connectivity index (χ3v) is 8.29. The maximum absolute atomic E-state index is 13.5. The number of hydrogen-bond acceptors (Lipinski definition) is 6. The van der Waals surface area contributed by atoms with Crippen molar-refractivity contribution in [3.8, 4) is 0 Å². The second-order valence-corrected chi connectivity index (χ2v) is 10.3. The summed E-state index contributed by atoms with van der Waals surface area (Å²) >= 11 is 0. The number of nitrogens with zero attached hydrogens (tertiary/aromatic N) is 3. The third kappa shape index (κ3) is 3.81. The van der Waals surface area contributed by atoms with Gasteiger partial charge in [-0.3, -0.25) is 14.6 Å². The number of aliphatic hydroxyl groups is 1. The number of amides is 1. The predicted octanol–water partition coefficient (Wildman–Crippen LogP) is 2.70. The largest absolute Gasteiger partial charge is 0.387 e. The van der Waals surface area contributed by atoms with Gasteiger partial charge in [0.1, 0.15) is 0 Å². The number of fused-ring (bicyclic) bond motifs is 1. The molecule has 2 aliphatic rings. The minimum atomic E-state index is -4.01. The second-order valence-electron chi connectivity index (χ2n) is 8.44. The van der Waals surface area contributed by atoms with Gasteiger partial charge < -0.3 is 10.0 Å². The van der Waals surface area contributed by atoms with Gasteiger partial charge in [-0.1, -0.05) is 36.4 Å². The SMILES string of the molecule is O=C1C(=O)N(Cc2ccccc2)c2ccc(S(=O)(=O)N3CCCC3C(O)c3cccnc3)cc21. The lowest BCUT2D eigenvalue weighted by molar-refractivity contribution is -0.114. The second kappa shape index (κ2) is 8.75. The van der Waals surface area contributed by atoms with Crippen LogP contribution in [0.3, 0.4) is 0 Å². The van der Waals surface area contributed by atoms with Gasteiger partial charge in [0, 0.05) is 24.5 Å². The molecule has 1 aromatic heterocycles. The van der Waals surface area contributed by atoms with Gasteiger partial charge in [-0.15, -0.1) is 0 Å². The van der Waals surface area contributed by atoms with Crippen molar-refractivity contribution in [2.45, 2.75) is 36.4 Å². The van der Waals surface area contributed by atoms with E-state index in [0.717, 1.165) is 5.56 Å². The fourth-order valence-electron chi connectivity index (χ4n) is 4.65. The highest BCUT2D eigenvalue weighted by Crippen LogP contribution is 2.37. The van der Waals surface area contributed by atoms with E-state index in [0.29, 0.717) is 24.1 Å². The first-order chi connectivity index (χ1) is 16.4. The molecule has 5 rings (SSSR count). The predicted molar refractivity (Wildman–Crippen MR) is 125 cm³/mol. The molecule has 0 bridgehead atoms. The summed E-state index contributed by atoms with van der Waals surface area (Å²) in [6.45, 7) is 0.477. The summed E-state index contributed by atoms with van der Waals surface area (Å²) in [5.41, 5.74) is 1.87. The van der Waals surface area contributed by atoms with Crippen LogP contribution in [0.5, 0.6) is 0 Å². The van der Waals surface area contributed by atoms with Crippen LogP contribution < -0.4 is 4.90 Å². The van der Waals surface area contributed by atoms with E-state index in [-0.39, 0.29) is 23.5 Å². The molecule has 2 aliphatic heterocycles. The van der Waals surface area contributed by atoms with Crippen LogP contribution in [0.2, 0.25) is 0 Å². The number of hydrogen-bond donors (Lipinski definition) is 1. The average molecular weight is 478 g/mol. The summed E-state index contributed by atoms with van der Waals surface area (Å²) in [4.78, 5) is 30.7. The molecule has 34 heavy (non-hydrogen) atoms. The molecule has 3 aromatic rings. The molecule has 0 aliphatic carbocycles. The van der Waals surface area contributed by atoms with E-state index < -0.39 is 33.9 Å². The van der Waals surface area contributed by atoms with E-state index in [1.165, 1.54) is 33.6 Å². The molecular formula is C25H23N3O5S. The van der Waals surface area contributed by atoms with Crippen molar-refractivity contribution < 1.29 is 23.1 Å². The van der Waals surface area contributed by atoms with Gasteiger partial charge in [0.25, 0.3) is 11.7 Å². The number of ketones is 1. The standard InChI is InChI=1S/C25H23N3O5S/c29-23(18-8-4-12-26-15-18)22-9-5-13-28(22)34(32,33)19-10-11-21-20(14-19)24(30)25(31)27(21)16-17-6-2-1-3-7-17/h1-4,6-8,10-12,14-15,22-23,29H,5,9,13,16H2. The number of anilines is 1. The van der Waals surface area contributed by atoms with Crippen LogP contribution in [0, 0.1) is 0 Å². The Balaban J connectivity index is 1.45. The zero-order chi connectivity index (χ0) is 23.9. The number of benzene rings is 2. The van der Waals surface area contributed by atoms with Crippen molar-refractivity contribution in [3.63, 3.8) is 0 Å². The maximum Gasteiger partial charge on any atom is 0.299 e. The maximum atomic E-state index is 13.5. The lowest BCUT2D eigenvalue weighted by Gasteiger charge is -2.28. The average Bonchev–Trinajstić information content (AvgIpc) is 3.45. The Morgan fingerprint density at radius 3 is 2.59 bits per heavy atom. The van der Waals surface area contributed by atoms with E-state index in [4.69, 9.17) is 0 Å². The first kappa shape index (κ1) is 22.4. The number of sulfonamides is 1. The Labute approximate surface area is 197 Å². The molecule has 1 fully saturated rings. The van der Waals surface area contributed by atoms with Crippen molar-refractivity contribution in [2.24, 2.45) is 0 Å². The summed E-state index contributed by atoms with van der Waals surface area (Å²) in [5, 5.41) is 10.9. The Morgan fingerprint density at radius 2 is 1.85 bits per heavy atom. The Morgan fingerprint density at radius 1 is 1.06 bits per heavy atom. The highest BCUT2D eigenvalue weighted by Gasteiger charge is 2.42. The summed E-state index contributed by atoms with van der Waals surface area (Å²) < 4.78 is 28.3. The topological polar surface area (TPSA) is 108 Å². The van der Waals surface area contributed by atoms with Gasteiger partial charge in [-0.25, -0.2) is 8.42 Å². The number of rotatable bonds is 6. The molecule has 3 heterocycles. The fraction of sp³-hybridized carbons (Fsp3) is 0.240. The van der Waals surface area contributed by atoms with Crippen molar-refractivity contribution in [1.29, 1.82) is 0 Å². The first-order valence-electron chi connectivity index (χ1n) is 11.0. The minimum absolute atomic E-state index is 0.0701. The number of aliphatic hydroxyl groups excluding tert-OH is 1. The summed E-state index contributed by atoms with van der Waals surface area (Å²) in [6.07, 6.45) is 3.19. The lowest BCUT2D eigenvalue weighted by Crippen LogP contribution is -2.39. The number of pyridine rings is 1. The monoisotopic (exact) mass is 477 g/mol. The Hall–Kier alpha value is -3.40. The molecule has 1 amide bonds. The molecule has 1 saturated heterocycles. The van der Waals surface area contributed by atoms with Crippen LogP contribution in [0.25, 0.3) is 0 Å². The van der Waals surface area contributed by atoms with E-state index in [1.54, 1.807) is 18.3 Å². The molecule has 174 valence electrons. The summed E-state index contributed by atoms with van der Waals surface area (Å²) in [6, 6.07) is 16.2. The minimum Gasteiger partial charge on any atom is -0.387 e. The van der Waals surface area contributed by atoms with Crippen molar-refractivity contribution in [3.05, 3.63) is 89.7 Å². The normalized spacial score (nSPS) is 19.4. The zero-order valence-corrected chi connectivity index (χ0v) is 19.1. The Bertz CT molecular complexity index is 1350. The van der Waals surface area contributed by atoms with Crippen molar-refractivity contribution in [1.82, 2.24) is 9.29 Å². The van der Waals surface area contributed by atoms with Crippen molar-refractivity contribution in [2.75, 3.05) is 11.4 Å². The van der Waals surface area contributed by atoms with E-state index in [9.17, 15) is 23.1 Å². The molecule has 0 saturated carbocycles. The molecule has 1 N–H and O–H groups in total. The lowest BCUT2D eigenvalue weighted by atomic mass is 10.0. The Kier molecular flexibility index (Phi) is 5.76. The highest BCUT2D eigenvalue weighted by atomic mass is 32.2. The van der Waals surface area contributed by atoms with Gasteiger partial charge >= 0.3 is 0 Å². The third-order valence-electron chi connectivity index (χ3n) is 6.37. The quantitative estimate of drug-likeness (QED) is 0.547. The molecular weight excluding hydrogens is 454 g/mol. The molecule has 2 aromatic carbocycles. The zero-order valence-electron chi connectivity index (χ0n) is 18.2. The van der Waals surface area contributed by atoms with Gasteiger partial charge in [0.05, 0.1) is 34.8 Å². The van der Waals surface area contributed by atoms with Crippen LogP contribution in [0.1, 0.15) is 40.4 Å². The van der Waals surface area contributed by atoms with Crippen LogP contribution in [0.15, 0.2) is 78.0 Å². The van der Waals surface area contributed by atoms with Gasteiger partial charge in [0.15, 0.2) is 0 Å². The van der Waals surface area contributed by atoms with E-state index in [1.807, 2.05) is 30.3 Å². The number of carbonyl (C=O) groups excluding carboxylic acids is 2. The number of Topliss-reactive ketones (excluding diaryl/α,β-unsaturated/α-hetero) is 1. The van der Waals surface area contributed by atoms with Crippen LogP contribution >= 0.6 is 0 Å². The van der Waals surface area contributed by atoms with E-state index >= 15 is 0 Å². The highest BCUT2D eigenvalue weighted by molar-refractivity contribution is 7.89. The summed E-state index contributed by atoms with van der Waals surface area (Å²) in [7, 11) is -4.01. The molecule has 2 unspecified atom stereocenters. The van der Waals surface area contributed by atoms with Crippen LogP contribution in [-0.4, -0.2) is 47.1 Å². The van der Waals surface area contributed by atoms with Crippen LogP contribution in [0.4, 0.5) is 5.69 Å². The molecule has 9 heteroatoms. The molecule has 0 radical (unpaired) electrons. The first-order valence-corrected chi connectivity index (χ1v) is 12.5. The smallest absolute Gasteiger partial charge is 0.299 e. The van der Waals surface area contributed by atoms with Gasteiger partial charge in [-0.05, 0) is 42.7 Å². The molecule has 8 nitrogen and oxygen atoms in total. The molecule has 0 spiro atoms. The van der Waals surface area contributed by atoms with Gasteiger partial charge in [-0.2, -0.15) is 4.31 Å². The van der Waals surface area contributed by atoms with Crippen molar-refractivity contribution >= 4 is 27.4 Å². The van der Waals surface area contributed by atoms with Crippen LogP contribution in [-0.2, 0) is 21.4 Å². The molecule has 2 atom stereocenters. The van der Waals surface area contributed by atoms with Gasteiger partial charge in [0.2, 0.25) is 10.0 Å². The fourth-order valence-corrected chi connectivity index (χ4v) is 6.38.